The number of nitrogens with zero attached hydrogens (tertiary/aromatic N) is 3. The van der Waals surface area contributed by atoms with E-state index >= 15 is 0 Å². The Labute approximate surface area is 113 Å². The Morgan fingerprint density at radius 3 is 2.42 bits per heavy atom. The molecule has 0 aliphatic carbocycles. The molecule has 0 bridgehead atoms. The van der Waals surface area contributed by atoms with Crippen LogP contribution in [0.4, 0.5) is 11.5 Å². The van der Waals surface area contributed by atoms with Gasteiger partial charge in [0, 0.05) is 12.2 Å². The average molecular weight is 257 g/mol. The predicted molar refractivity (Wildman–Crippen MR) is 76.3 cm³/mol. The molecule has 0 aliphatic heterocycles. The van der Waals surface area contributed by atoms with Gasteiger partial charge in [0.1, 0.15) is 0 Å². The van der Waals surface area contributed by atoms with Gasteiger partial charge < -0.3 is 10.0 Å². The Morgan fingerprint density at radius 1 is 1.05 bits per heavy atom. The number of hydrogen-bond donors (Lipinski definition) is 1. The first kappa shape index (κ1) is 13.5. The lowest BCUT2D eigenvalue weighted by molar-refractivity contribution is 0.275. The van der Waals surface area contributed by atoms with Gasteiger partial charge in [0.15, 0.2) is 5.82 Å². The van der Waals surface area contributed by atoms with Crippen LogP contribution in [-0.4, -0.2) is 21.8 Å². The maximum atomic E-state index is 9.01. The first-order valence-electron chi connectivity index (χ1n) is 6.61. The third kappa shape index (κ3) is 3.51. The standard InChI is InChI=1S/C15H19N3O/c1-2-3-11-18(14-7-5-4-6-8-14)15-10-9-13(12-19)16-17-15/h4-10,19H,2-3,11-12H2,1H3. The number of aliphatic hydroxyl groups excluding tert-OH is 1. The molecule has 0 radical (unpaired) electrons. The highest BCUT2D eigenvalue weighted by Gasteiger charge is 2.10. The van der Waals surface area contributed by atoms with Gasteiger partial charge in [-0.05, 0) is 30.7 Å². The molecule has 4 heteroatoms. The summed E-state index contributed by atoms with van der Waals surface area (Å²) in [5.74, 6) is 0.817. The Morgan fingerprint density at radius 2 is 1.84 bits per heavy atom. The van der Waals surface area contributed by atoms with Crippen LogP contribution < -0.4 is 4.90 Å². The van der Waals surface area contributed by atoms with Gasteiger partial charge in [0.05, 0.1) is 12.3 Å². The van der Waals surface area contributed by atoms with Gasteiger partial charge in [-0.2, -0.15) is 5.10 Å². The fourth-order valence-electron chi connectivity index (χ4n) is 1.88. The minimum absolute atomic E-state index is 0.0758. The van der Waals surface area contributed by atoms with Crippen LogP contribution in [0, 0.1) is 0 Å². The van der Waals surface area contributed by atoms with Crippen molar-refractivity contribution in [3.05, 3.63) is 48.2 Å². The lowest BCUT2D eigenvalue weighted by Gasteiger charge is -2.23. The minimum Gasteiger partial charge on any atom is -0.390 e. The number of hydrogen-bond acceptors (Lipinski definition) is 4. The number of anilines is 2. The lowest BCUT2D eigenvalue weighted by atomic mass is 10.2. The van der Waals surface area contributed by atoms with Crippen molar-refractivity contribution in [1.29, 1.82) is 0 Å². The molecule has 1 aromatic heterocycles. The monoisotopic (exact) mass is 257 g/mol. The third-order valence-corrected chi connectivity index (χ3v) is 2.95. The van der Waals surface area contributed by atoms with E-state index < -0.39 is 0 Å². The molecule has 1 N–H and O–H groups in total. The SMILES string of the molecule is CCCCN(c1ccccc1)c1ccc(CO)nn1. The first-order chi connectivity index (χ1) is 9.35. The second-order valence-electron chi connectivity index (χ2n) is 4.38. The summed E-state index contributed by atoms with van der Waals surface area (Å²) in [4.78, 5) is 2.15. The quantitative estimate of drug-likeness (QED) is 0.864. The summed E-state index contributed by atoms with van der Waals surface area (Å²) in [7, 11) is 0. The maximum absolute atomic E-state index is 9.01. The molecule has 0 amide bonds. The molecule has 0 unspecified atom stereocenters. The molecule has 2 rings (SSSR count). The molecular weight excluding hydrogens is 238 g/mol. The fourth-order valence-corrected chi connectivity index (χ4v) is 1.88. The molecule has 4 nitrogen and oxygen atoms in total. The number of benzene rings is 1. The molecule has 0 fully saturated rings. The average Bonchev–Trinajstić information content (AvgIpc) is 2.49. The topological polar surface area (TPSA) is 49.2 Å². The zero-order chi connectivity index (χ0) is 13.5. The van der Waals surface area contributed by atoms with Gasteiger partial charge >= 0.3 is 0 Å². The largest absolute Gasteiger partial charge is 0.390 e. The molecule has 100 valence electrons. The van der Waals surface area contributed by atoms with E-state index in [0.717, 1.165) is 30.9 Å². The minimum atomic E-state index is -0.0758. The summed E-state index contributed by atoms with van der Waals surface area (Å²) in [6.45, 7) is 3.00. The van der Waals surface area contributed by atoms with Crippen molar-refractivity contribution >= 4 is 11.5 Å². The summed E-state index contributed by atoms with van der Waals surface area (Å²) < 4.78 is 0. The van der Waals surface area contributed by atoms with E-state index in [0.29, 0.717) is 5.69 Å². The van der Waals surface area contributed by atoms with Crippen LogP contribution in [0.2, 0.25) is 0 Å². The molecular formula is C15H19N3O. The second-order valence-corrected chi connectivity index (χ2v) is 4.38. The third-order valence-electron chi connectivity index (χ3n) is 2.95. The van der Waals surface area contributed by atoms with Crippen LogP contribution in [0.5, 0.6) is 0 Å². The number of rotatable bonds is 6. The zero-order valence-corrected chi connectivity index (χ0v) is 11.2. The van der Waals surface area contributed by atoms with Gasteiger partial charge in [0.2, 0.25) is 0 Å². The number of aromatic nitrogens is 2. The number of aliphatic hydroxyl groups is 1. The van der Waals surface area contributed by atoms with Crippen molar-refractivity contribution in [2.24, 2.45) is 0 Å². The molecule has 0 aliphatic rings. The Bertz CT molecular complexity index is 485. The fraction of sp³-hybridized carbons (Fsp3) is 0.333. The zero-order valence-electron chi connectivity index (χ0n) is 11.2. The van der Waals surface area contributed by atoms with E-state index in [9.17, 15) is 0 Å². The Balaban J connectivity index is 2.26. The van der Waals surface area contributed by atoms with Crippen molar-refractivity contribution in [1.82, 2.24) is 10.2 Å². The first-order valence-corrected chi connectivity index (χ1v) is 6.61. The molecule has 0 saturated carbocycles. The van der Waals surface area contributed by atoms with Gasteiger partial charge in [-0.1, -0.05) is 31.5 Å². The smallest absolute Gasteiger partial charge is 0.155 e. The summed E-state index contributed by atoms with van der Waals surface area (Å²) in [5, 5.41) is 17.2. The van der Waals surface area contributed by atoms with Crippen LogP contribution in [0.25, 0.3) is 0 Å². The summed E-state index contributed by atoms with van der Waals surface area (Å²) >= 11 is 0. The molecule has 0 spiro atoms. The number of unbranched alkanes of at least 4 members (excludes halogenated alkanes) is 1. The van der Waals surface area contributed by atoms with Crippen molar-refractivity contribution in [3.63, 3.8) is 0 Å². The van der Waals surface area contributed by atoms with Crippen molar-refractivity contribution in [2.45, 2.75) is 26.4 Å². The normalized spacial score (nSPS) is 10.4. The predicted octanol–water partition coefficient (Wildman–Crippen LogP) is 2.91. The van der Waals surface area contributed by atoms with Gasteiger partial charge in [-0.25, -0.2) is 0 Å². The number of para-hydroxylation sites is 1. The summed E-state index contributed by atoms with van der Waals surface area (Å²) in [5.41, 5.74) is 1.70. The Hall–Kier alpha value is -1.94. The lowest BCUT2D eigenvalue weighted by Crippen LogP contribution is -2.20. The van der Waals surface area contributed by atoms with Gasteiger partial charge in [0.25, 0.3) is 0 Å². The van der Waals surface area contributed by atoms with Crippen molar-refractivity contribution in [2.75, 3.05) is 11.4 Å². The van der Waals surface area contributed by atoms with E-state index in [4.69, 9.17) is 5.11 Å². The maximum Gasteiger partial charge on any atom is 0.155 e. The van der Waals surface area contributed by atoms with E-state index in [-0.39, 0.29) is 6.61 Å². The molecule has 1 heterocycles. The van der Waals surface area contributed by atoms with Crippen LogP contribution in [0.15, 0.2) is 42.5 Å². The highest BCUT2D eigenvalue weighted by Crippen LogP contribution is 2.23. The summed E-state index contributed by atoms with van der Waals surface area (Å²) in [6, 6.07) is 13.9. The highest BCUT2D eigenvalue weighted by molar-refractivity contribution is 5.59. The highest BCUT2D eigenvalue weighted by atomic mass is 16.3. The summed E-state index contributed by atoms with van der Waals surface area (Å²) in [6.07, 6.45) is 2.23. The van der Waals surface area contributed by atoms with E-state index in [2.05, 4.69) is 34.2 Å². The van der Waals surface area contributed by atoms with Gasteiger partial charge in [-0.15, -0.1) is 5.10 Å². The van der Waals surface area contributed by atoms with E-state index in [1.54, 1.807) is 0 Å². The van der Waals surface area contributed by atoms with E-state index in [1.807, 2.05) is 30.3 Å². The van der Waals surface area contributed by atoms with Crippen LogP contribution >= 0.6 is 0 Å². The molecule has 0 atom stereocenters. The molecule has 19 heavy (non-hydrogen) atoms. The van der Waals surface area contributed by atoms with E-state index in [1.165, 1.54) is 0 Å². The van der Waals surface area contributed by atoms with Crippen LogP contribution in [0.1, 0.15) is 25.5 Å². The molecule has 0 saturated heterocycles. The second kappa shape index (κ2) is 6.85. The van der Waals surface area contributed by atoms with Crippen LogP contribution in [-0.2, 0) is 6.61 Å². The van der Waals surface area contributed by atoms with Crippen molar-refractivity contribution < 1.29 is 5.11 Å². The van der Waals surface area contributed by atoms with Gasteiger partial charge in [-0.3, -0.25) is 0 Å². The molecule has 1 aromatic carbocycles. The Kier molecular flexibility index (Phi) is 4.86. The molecule has 2 aromatic rings. The van der Waals surface area contributed by atoms with Crippen molar-refractivity contribution in [3.8, 4) is 0 Å². The van der Waals surface area contributed by atoms with Crippen LogP contribution in [0.3, 0.4) is 0 Å².